The molecule has 0 aliphatic heterocycles. The summed E-state index contributed by atoms with van der Waals surface area (Å²) in [5.74, 6) is 0.176. The van der Waals surface area contributed by atoms with Gasteiger partial charge in [0.05, 0.1) is 22.6 Å². The topological polar surface area (TPSA) is 113 Å². The van der Waals surface area contributed by atoms with Gasteiger partial charge < -0.3 is 5.11 Å². The van der Waals surface area contributed by atoms with Crippen LogP contribution in [-0.2, 0) is 16.3 Å². The Kier molecular flexibility index (Phi) is 7.08. The Labute approximate surface area is 205 Å². The van der Waals surface area contributed by atoms with Crippen molar-refractivity contribution in [3.05, 3.63) is 81.4 Å². The third-order valence-corrected chi connectivity index (χ3v) is 8.28. The van der Waals surface area contributed by atoms with Crippen molar-refractivity contribution >= 4 is 9.84 Å². The highest BCUT2D eigenvalue weighted by atomic mass is 32.2. The number of aromatic hydroxyl groups is 1. The molecule has 1 aromatic heterocycles. The van der Waals surface area contributed by atoms with E-state index in [1.807, 2.05) is 19.9 Å². The van der Waals surface area contributed by atoms with Gasteiger partial charge in [-0.1, -0.05) is 44.5 Å². The smallest absolute Gasteiger partial charge is 0.296 e. The van der Waals surface area contributed by atoms with Crippen molar-refractivity contribution in [2.45, 2.75) is 74.1 Å². The quantitative estimate of drug-likeness (QED) is 0.457. The van der Waals surface area contributed by atoms with E-state index in [0.717, 1.165) is 36.8 Å². The van der Waals surface area contributed by atoms with Crippen LogP contribution in [0.5, 0.6) is 5.88 Å². The van der Waals surface area contributed by atoms with Crippen LogP contribution in [0.1, 0.15) is 80.4 Å². The first-order valence-corrected chi connectivity index (χ1v) is 13.5. The van der Waals surface area contributed by atoms with Gasteiger partial charge in [-0.2, -0.15) is 10.2 Å². The normalized spacial score (nSPS) is 14.4. The van der Waals surface area contributed by atoms with E-state index in [4.69, 9.17) is 0 Å². The van der Waals surface area contributed by atoms with E-state index in [1.54, 1.807) is 30.3 Å². The van der Waals surface area contributed by atoms with Gasteiger partial charge in [-0.3, -0.25) is 9.36 Å². The average molecular weight is 492 g/mol. The minimum absolute atomic E-state index is 0.0523. The summed E-state index contributed by atoms with van der Waals surface area (Å²) in [6.07, 6.45) is 4.63. The van der Waals surface area contributed by atoms with Gasteiger partial charge in [0.2, 0.25) is 15.7 Å². The molecule has 4 rings (SSSR count). The molecule has 1 atom stereocenters. The van der Waals surface area contributed by atoms with Crippen molar-refractivity contribution in [2.75, 3.05) is 0 Å². The van der Waals surface area contributed by atoms with Crippen LogP contribution in [0.15, 0.2) is 63.1 Å². The van der Waals surface area contributed by atoms with E-state index in [1.165, 1.54) is 16.7 Å². The first-order chi connectivity index (χ1) is 16.8. The Morgan fingerprint density at radius 1 is 1.17 bits per heavy atom. The molecule has 0 amide bonds. The molecule has 0 saturated heterocycles. The van der Waals surface area contributed by atoms with E-state index in [-0.39, 0.29) is 4.90 Å². The van der Waals surface area contributed by atoms with E-state index >= 15 is 0 Å². The molecule has 1 unspecified atom stereocenters. The van der Waals surface area contributed by atoms with Gasteiger partial charge in [0.15, 0.2) is 4.90 Å². The molecule has 1 aliphatic carbocycles. The van der Waals surface area contributed by atoms with E-state index in [2.05, 4.69) is 11.1 Å². The zero-order valence-electron chi connectivity index (χ0n) is 19.9. The predicted molar refractivity (Wildman–Crippen MR) is 132 cm³/mol. The maximum Gasteiger partial charge on any atom is 0.296 e. The van der Waals surface area contributed by atoms with Crippen molar-refractivity contribution in [3.63, 3.8) is 0 Å². The van der Waals surface area contributed by atoms with Gasteiger partial charge >= 0.3 is 0 Å². The fourth-order valence-electron chi connectivity index (χ4n) is 4.46. The van der Waals surface area contributed by atoms with E-state index in [0.29, 0.717) is 30.1 Å². The number of hydrogen-bond acceptors (Lipinski definition) is 6. The second-order valence-electron chi connectivity index (χ2n) is 8.97. The summed E-state index contributed by atoms with van der Waals surface area (Å²) in [4.78, 5) is 16.4. The number of rotatable bonds is 9. The number of aromatic nitrogens is 2. The van der Waals surface area contributed by atoms with Crippen LogP contribution in [0.25, 0.3) is 0 Å². The van der Waals surface area contributed by atoms with Crippen LogP contribution >= 0.6 is 0 Å². The lowest BCUT2D eigenvalue weighted by atomic mass is 10.0. The standard InChI is InChI=1S/C27H29N3O4S/c1-3-5-9-24-29-26(31)25(35(33,34)22-14-12-20(13-15-22)19-10-11-19)27(32)30(24)23(4-2)21-8-6-7-18(16-21)17-28/h6-8,12-16,19,23,32H,3-5,9-11H2,1-2H3. The number of nitrogens with zero attached hydrogens (tertiary/aromatic N) is 3. The summed E-state index contributed by atoms with van der Waals surface area (Å²) in [6, 6.07) is 15.1. The molecule has 35 heavy (non-hydrogen) atoms. The Bertz CT molecular complexity index is 1430. The number of hydrogen-bond donors (Lipinski definition) is 1. The second kappa shape index (κ2) is 10.0. The number of sulfone groups is 1. The van der Waals surface area contributed by atoms with E-state index < -0.39 is 32.2 Å². The molecular formula is C27H29N3O4S. The van der Waals surface area contributed by atoms with Crippen LogP contribution < -0.4 is 5.56 Å². The van der Waals surface area contributed by atoms with Crippen molar-refractivity contribution in [2.24, 2.45) is 0 Å². The molecular weight excluding hydrogens is 462 g/mol. The molecule has 3 aromatic rings. The molecule has 1 N–H and O–H groups in total. The highest BCUT2D eigenvalue weighted by molar-refractivity contribution is 7.91. The maximum absolute atomic E-state index is 13.5. The van der Waals surface area contributed by atoms with Gasteiger partial charge in [0.25, 0.3) is 5.56 Å². The van der Waals surface area contributed by atoms with Gasteiger partial charge in [-0.15, -0.1) is 0 Å². The van der Waals surface area contributed by atoms with Crippen LogP contribution in [0.2, 0.25) is 0 Å². The fraction of sp³-hybridized carbons (Fsp3) is 0.370. The number of unbranched alkanes of at least 4 members (excludes halogenated alkanes) is 1. The summed E-state index contributed by atoms with van der Waals surface area (Å²) >= 11 is 0. The molecule has 1 fully saturated rings. The van der Waals surface area contributed by atoms with Crippen LogP contribution in [0.4, 0.5) is 0 Å². The molecule has 1 aliphatic rings. The first kappa shape index (κ1) is 24.7. The zero-order valence-corrected chi connectivity index (χ0v) is 20.8. The van der Waals surface area contributed by atoms with Gasteiger partial charge in [-0.25, -0.2) is 8.42 Å². The van der Waals surface area contributed by atoms with Crippen molar-refractivity contribution in [1.82, 2.24) is 9.55 Å². The van der Waals surface area contributed by atoms with Crippen molar-refractivity contribution in [1.29, 1.82) is 5.26 Å². The molecule has 1 heterocycles. The minimum atomic E-state index is -4.32. The number of benzene rings is 2. The third-order valence-electron chi connectivity index (χ3n) is 6.49. The maximum atomic E-state index is 13.5. The fourth-order valence-corrected chi connectivity index (χ4v) is 5.80. The highest BCUT2D eigenvalue weighted by Crippen LogP contribution is 2.40. The SMILES string of the molecule is CCCCc1nc(=O)c(S(=O)(=O)c2ccc(C3CC3)cc2)c(O)n1C(CC)c1cccc(C#N)c1. The largest absolute Gasteiger partial charge is 0.493 e. The summed E-state index contributed by atoms with van der Waals surface area (Å²) in [5, 5.41) is 20.7. The molecule has 1 saturated carbocycles. The molecule has 0 radical (unpaired) electrons. The molecule has 0 spiro atoms. The second-order valence-corrected chi connectivity index (χ2v) is 10.9. The summed E-state index contributed by atoms with van der Waals surface area (Å²) in [6.45, 7) is 3.90. The van der Waals surface area contributed by atoms with Gasteiger partial charge in [-0.05, 0) is 67.0 Å². The van der Waals surface area contributed by atoms with Crippen LogP contribution in [0, 0.1) is 11.3 Å². The molecule has 8 heteroatoms. The molecule has 7 nitrogen and oxygen atoms in total. The lowest BCUT2D eigenvalue weighted by Crippen LogP contribution is -2.27. The molecule has 2 aromatic carbocycles. The van der Waals surface area contributed by atoms with Gasteiger partial charge in [0, 0.05) is 6.42 Å². The predicted octanol–water partition coefficient (Wildman–Crippen LogP) is 4.87. The summed E-state index contributed by atoms with van der Waals surface area (Å²) < 4.78 is 28.5. The Hall–Kier alpha value is -3.44. The third kappa shape index (κ3) is 4.87. The Morgan fingerprint density at radius 3 is 2.49 bits per heavy atom. The number of nitriles is 1. The monoisotopic (exact) mass is 491 g/mol. The minimum Gasteiger partial charge on any atom is -0.493 e. The summed E-state index contributed by atoms with van der Waals surface area (Å²) in [7, 11) is -4.32. The lowest BCUT2D eigenvalue weighted by molar-refractivity contribution is 0.358. The van der Waals surface area contributed by atoms with E-state index in [9.17, 15) is 23.6 Å². The Balaban J connectivity index is 1.89. The van der Waals surface area contributed by atoms with Crippen LogP contribution in [0.3, 0.4) is 0 Å². The van der Waals surface area contributed by atoms with Crippen molar-refractivity contribution < 1.29 is 13.5 Å². The lowest BCUT2D eigenvalue weighted by Gasteiger charge is -2.25. The zero-order chi connectivity index (χ0) is 25.2. The molecule has 0 bridgehead atoms. The van der Waals surface area contributed by atoms with Gasteiger partial charge in [0.1, 0.15) is 5.82 Å². The van der Waals surface area contributed by atoms with Crippen molar-refractivity contribution in [3.8, 4) is 11.9 Å². The number of aryl methyl sites for hydroxylation is 1. The summed E-state index contributed by atoms with van der Waals surface area (Å²) in [5.41, 5.74) is 1.29. The first-order valence-electron chi connectivity index (χ1n) is 12.0. The Morgan fingerprint density at radius 2 is 1.89 bits per heavy atom. The highest BCUT2D eigenvalue weighted by Gasteiger charge is 2.32. The average Bonchev–Trinajstić information content (AvgIpc) is 3.70. The molecule has 182 valence electrons. The van der Waals surface area contributed by atoms with Crippen LogP contribution in [-0.4, -0.2) is 23.1 Å².